The van der Waals surface area contributed by atoms with E-state index >= 15 is 0 Å². The zero-order valence-corrected chi connectivity index (χ0v) is 13.8. The zero-order valence-electron chi connectivity index (χ0n) is 13.0. The topological polar surface area (TPSA) is 83.1 Å². The van der Waals surface area contributed by atoms with Gasteiger partial charge in [0.1, 0.15) is 0 Å². The van der Waals surface area contributed by atoms with Gasteiger partial charge in [0, 0.05) is 17.0 Å². The van der Waals surface area contributed by atoms with Crippen LogP contribution in [0.4, 0.5) is 4.79 Å². The van der Waals surface area contributed by atoms with E-state index in [0.717, 1.165) is 40.5 Å². The van der Waals surface area contributed by atoms with Crippen LogP contribution in [-0.2, 0) is 31.0 Å². The predicted molar refractivity (Wildman–Crippen MR) is 84.7 cm³/mol. The molecular formula is C15H19N5O2S. The minimum absolute atomic E-state index is 0.0157. The largest absolute Gasteiger partial charge is 0.369 e. The Balaban J connectivity index is 1.32. The molecular weight excluding hydrogens is 314 g/mol. The third kappa shape index (κ3) is 3.23. The molecule has 0 saturated heterocycles. The Morgan fingerprint density at radius 1 is 1.48 bits per heavy atom. The summed E-state index contributed by atoms with van der Waals surface area (Å²) >= 11 is 1.62. The van der Waals surface area contributed by atoms with Crippen molar-refractivity contribution in [2.75, 3.05) is 0 Å². The number of H-pyrrole nitrogens is 1. The number of aromatic amines is 1. The Bertz CT molecular complexity index is 721. The van der Waals surface area contributed by atoms with Crippen molar-refractivity contribution in [2.45, 2.75) is 52.1 Å². The summed E-state index contributed by atoms with van der Waals surface area (Å²) in [6.45, 7) is 4.08. The number of aromatic nitrogens is 3. The summed E-state index contributed by atoms with van der Waals surface area (Å²) < 4.78 is 5.72. The Kier molecular flexibility index (Phi) is 3.78. The first kappa shape index (κ1) is 14.6. The van der Waals surface area contributed by atoms with Gasteiger partial charge in [-0.2, -0.15) is 5.10 Å². The lowest BCUT2D eigenvalue weighted by Gasteiger charge is -2.16. The number of nitrogens with zero attached hydrogens (tertiary/aromatic N) is 3. The van der Waals surface area contributed by atoms with Crippen LogP contribution in [0.1, 0.15) is 40.5 Å². The number of hydrogen-bond acceptors (Lipinski definition) is 5. The molecule has 0 atom stereocenters. The Morgan fingerprint density at radius 3 is 3.09 bits per heavy atom. The number of fused-ring (bicyclic) bond motifs is 1. The van der Waals surface area contributed by atoms with Crippen molar-refractivity contribution in [2.24, 2.45) is 0 Å². The number of hydrogen-bond donors (Lipinski definition) is 2. The molecule has 1 saturated carbocycles. The van der Waals surface area contributed by atoms with Crippen molar-refractivity contribution in [3.05, 3.63) is 33.0 Å². The van der Waals surface area contributed by atoms with Gasteiger partial charge >= 0.3 is 6.03 Å². The van der Waals surface area contributed by atoms with Crippen LogP contribution in [0, 0.1) is 6.92 Å². The molecule has 4 rings (SSSR count). The number of nitrogens with one attached hydrogen (secondary N) is 2. The van der Waals surface area contributed by atoms with Gasteiger partial charge in [-0.05, 0) is 19.8 Å². The van der Waals surface area contributed by atoms with E-state index < -0.39 is 0 Å². The van der Waals surface area contributed by atoms with Crippen LogP contribution in [0.15, 0.2) is 5.38 Å². The summed E-state index contributed by atoms with van der Waals surface area (Å²) in [5.41, 5.74) is 3.93. The summed E-state index contributed by atoms with van der Waals surface area (Å²) in [6, 6.07) is 0.394. The minimum Gasteiger partial charge on any atom is -0.369 e. The van der Waals surface area contributed by atoms with E-state index in [1.165, 1.54) is 0 Å². The second-order valence-corrected chi connectivity index (χ2v) is 7.12. The molecule has 0 spiro atoms. The van der Waals surface area contributed by atoms with Crippen LogP contribution in [-0.4, -0.2) is 32.2 Å². The summed E-state index contributed by atoms with van der Waals surface area (Å²) in [7, 11) is 0. The third-order valence-electron chi connectivity index (χ3n) is 4.08. The average molecular weight is 333 g/mol. The molecule has 0 aromatic carbocycles. The highest BCUT2D eigenvalue weighted by Gasteiger charge is 2.31. The average Bonchev–Trinajstić information content (AvgIpc) is 2.94. The molecule has 0 bridgehead atoms. The second kappa shape index (κ2) is 5.93. The van der Waals surface area contributed by atoms with Crippen molar-refractivity contribution in [3.8, 4) is 0 Å². The van der Waals surface area contributed by atoms with Crippen LogP contribution in [0.5, 0.6) is 0 Å². The molecule has 0 unspecified atom stereocenters. The SMILES string of the molecule is Cc1nc(COCc2n[nH]c3c2CN(C(=O)NC2CC2)C3)cs1. The quantitative estimate of drug-likeness (QED) is 0.877. The van der Waals surface area contributed by atoms with Crippen molar-refractivity contribution in [1.82, 2.24) is 25.4 Å². The van der Waals surface area contributed by atoms with Gasteiger partial charge < -0.3 is 15.0 Å². The molecule has 1 fully saturated rings. The van der Waals surface area contributed by atoms with Crippen molar-refractivity contribution < 1.29 is 9.53 Å². The fraction of sp³-hybridized carbons (Fsp3) is 0.533. The van der Waals surface area contributed by atoms with E-state index in [4.69, 9.17) is 4.74 Å². The van der Waals surface area contributed by atoms with E-state index in [-0.39, 0.29) is 6.03 Å². The molecule has 8 heteroatoms. The predicted octanol–water partition coefficient (Wildman–Crippen LogP) is 2.08. The van der Waals surface area contributed by atoms with E-state index in [1.807, 2.05) is 17.2 Å². The molecule has 122 valence electrons. The lowest BCUT2D eigenvalue weighted by atomic mass is 10.2. The highest BCUT2D eigenvalue weighted by atomic mass is 32.1. The highest BCUT2D eigenvalue weighted by molar-refractivity contribution is 7.09. The number of carbonyl (C=O) groups excluding carboxylic acids is 1. The molecule has 2 aromatic rings. The van der Waals surface area contributed by atoms with E-state index in [0.29, 0.717) is 32.3 Å². The molecule has 3 heterocycles. The highest BCUT2D eigenvalue weighted by Crippen LogP contribution is 2.26. The van der Waals surface area contributed by atoms with Crippen LogP contribution >= 0.6 is 11.3 Å². The summed E-state index contributed by atoms with van der Waals surface area (Å²) in [4.78, 5) is 18.3. The Hall–Kier alpha value is -1.93. The van der Waals surface area contributed by atoms with E-state index in [9.17, 15) is 4.79 Å². The number of amides is 2. The third-order valence-corrected chi connectivity index (χ3v) is 4.91. The molecule has 1 aliphatic heterocycles. The maximum Gasteiger partial charge on any atom is 0.318 e. The van der Waals surface area contributed by atoms with Crippen LogP contribution in [0.25, 0.3) is 0 Å². The number of aryl methyl sites for hydroxylation is 1. The first-order chi connectivity index (χ1) is 11.2. The number of rotatable bonds is 5. The van der Waals surface area contributed by atoms with E-state index in [1.54, 1.807) is 11.3 Å². The molecule has 23 heavy (non-hydrogen) atoms. The summed E-state index contributed by atoms with van der Waals surface area (Å²) in [5, 5.41) is 13.4. The van der Waals surface area contributed by atoms with Crippen LogP contribution < -0.4 is 5.32 Å². The lowest BCUT2D eigenvalue weighted by molar-refractivity contribution is 0.101. The molecule has 2 aromatic heterocycles. The number of ether oxygens (including phenoxy) is 1. The fourth-order valence-corrected chi connectivity index (χ4v) is 3.28. The molecule has 1 aliphatic carbocycles. The summed E-state index contributed by atoms with van der Waals surface area (Å²) in [5.74, 6) is 0. The standard InChI is InChI=1S/C15H19N5O2S/c1-9-16-11(8-23-9)6-22-7-14-12-4-20(5-13(12)18-19-14)15(21)17-10-2-3-10/h8,10H,2-7H2,1H3,(H,17,21)(H,18,19). The Morgan fingerprint density at radius 2 is 2.35 bits per heavy atom. The van der Waals surface area contributed by atoms with Gasteiger partial charge in [0.05, 0.1) is 48.4 Å². The van der Waals surface area contributed by atoms with Gasteiger partial charge in [-0.1, -0.05) is 0 Å². The van der Waals surface area contributed by atoms with E-state index in [2.05, 4.69) is 20.5 Å². The van der Waals surface area contributed by atoms with Gasteiger partial charge in [0.25, 0.3) is 0 Å². The molecule has 7 nitrogen and oxygen atoms in total. The lowest BCUT2D eigenvalue weighted by Crippen LogP contribution is -2.37. The minimum atomic E-state index is 0.0157. The smallest absolute Gasteiger partial charge is 0.318 e. The van der Waals surface area contributed by atoms with Crippen LogP contribution in [0.2, 0.25) is 0 Å². The molecule has 0 radical (unpaired) electrons. The summed E-state index contributed by atoms with van der Waals surface area (Å²) in [6.07, 6.45) is 2.20. The Labute approximate surface area is 138 Å². The number of urea groups is 1. The number of carbonyl (C=O) groups is 1. The van der Waals surface area contributed by atoms with Gasteiger partial charge in [0.15, 0.2) is 0 Å². The maximum absolute atomic E-state index is 12.1. The first-order valence-corrected chi connectivity index (χ1v) is 8.66. The van der Waals surface area contributed by atoms with Gasteiger partial charge in [-0.25, -0.2) is 9.78 Å². The molecule has 2 amide bonds. The first-order valence-electron chi connectivity index (χ1n) is 7.78. The van der Waals surface area contributed by atoms with Crippen molar-refractivity contribution >= 4 is 17.4 Å². The zero-order chi connectivity index (χ0) is 15.8. The molecule has 2 aliphatic rings. The van der Waals surface area contributed by atoms with Gasteiger partial charge in [-0.3, -0.25) is 5.10 Å². The van der Waals surface area contributed by atoms with Gasteiger partial charge in [-0.15, -0.1) is 11.3 Å². The molecule has 2 N–H and O–H groups in total. The monoisotopic (exact) mass is 333 g/mol. The van der Waals surface area contributed by atoms with Crippen molar-refractivity contribution in [1.29, 1.82) is 0 Å². The number of thiazole rings is 1. The fourth-order valence-electron chi connectivity index (χ4n) is 2.68. The maximum atomic E-state index is 12.1. The normalized spacial score (nSPS) is 16.7. The second-order valence-electron chi connectivity index (χ2n) is 6.06. The van der Waals surface area contributed by atoms with Crippen molar-refractivity contribution in [3.63, 3.8) is 0 Å². The van der Waals surface area contributed by atoms with Crippen LogP contribution in [0.3, 0.4) is 0 Å². The van der Waals surface area contributed by atoms with Gasteiger partial charge in [0.2, 0.25) is 0 Å².